The van der Waals surface area contributed by atoms with Crippen LogP contribution in [0.1, 0.15) is 30.9 Å². The number of amides is 1. The topological polar surface area (TPSA) is 62.6 Å². The SMILES string of the molecule is CCc1ccc2c(CNc3ccc(N4CCCC4=O)cc3)cc(=O)oc2c1. The summed E-state index contributed by atoms with van der Waals surface area (Å²) in [4.78, 5) is 25.6. The van der Waals surface area contributed by atoms with Gasteiger partial charge >= 0.3 is 5.63 Å². The van der Waals surface area contributed by atoms with Gasteiger partial charge in [0.1, 0.15) is 5.58 Å². The van der Waals surface area contributed by atoms with E-state index in [1.165, 1.54) is 6.07 Å². The van der Waals surface area contributed by atoms with Crippen LogP contribution in [0.25, 0.3) is 11.0 Å². The molecule has 0 radical (unpaired) electrons. The maximum absolute atomic E-state index is 11.9. The molecule has 1 N–H and O–H groups in total. The number of nitrogens with zero attached hydrogens (tertiary/aromatic N) is 1. The smallest absolute Gasteiger partial charge is 0.336 e. The maximum Gasteiger partial charge on any atom is 0.336 e. The standard InChI is InChI=1S/C22H22N2O3/c1-2-15-5-10-19-16(13-22(26)27-20(19)12-15)14-23-17-6-8-18(9-7-17)24-11-3-4-21(24)25/h5-10,12-13,23H,2-4,11,14H2,1H3. The summed E-state index contributed by atoms with van der Waals surface area (Å²) < 4.78 is 5.36. The first-order chi connectivity index (χ1) is 13.1. The van der Waals surface area contributed by atoms with Gasteiger partial charge in [0.05, 0.1) is 0 Å². The number of hydrogen-bond donors (Lipinski definition) is 1. The van der Waals surface area contributed by atoms with Gasteiger partial charge in [0.25, 0.3) is 0 Å². The van der Waals surface area contributed by atoms with Crippen LogP contribution in [0.4, 0.5) is 11.4 Å². The molecule has 0 aliphatic carbocycles. The van der Waals surface area contributed by atoms with Gasteiger partial charge in [0.2, 0.25) is 5.91 Å². The molecule has 4 rings (SSSR count). The van der Waals surface area contributed by atoms with Crippen molar-refractivity contribution >= 4 is 28.3 Å². The van der Waals surface area contributed by atoms with Gasteiger partial charge in [0, 0.05) is 42.3 Å². The van der Waals surface area contributed by atoms with Crippen molar-refractivity contribution in [2.24, 2.45) is 0 Å². The van der Waals surface area contributed by atoms with Crippen molar-refractivity contribution < 1.29 is 9.21 Å². The molecule has 1 aliphatic heterocycles. The number of carbonyl (C=O) groups is 1. The molecule has 1 fully saturated rings. The Morgan fingerprint density at radius 3 is 2.59 bits per heavy atom. The molecule has 1 amide bonds. The van der Waals surface area contributed by atoms with Crippen LogP contribution in [0.3, 0.4) is 0 Å². The van der Waals surface area contributed by atoms with E-state index in [1.54, 1.807) is 0 Å². The number of carbonyl (C=O) groups excluding carboxylic acids is 1. The summed E-state index contributed by atoms with van der Waals surface area (Å²) in [5.41, 5.74) is 4.21. The van der Waals surface area contributed by atoms with Gasteiger partial charge in [-0.15, -0.1) is 0 Å². The van der Waals surface area contributed by atoms with E-state index < -0.39 is 0 Å². The van der Waals surface area contributed by atoms with Gasteiger partial charge in [0.15, 0.2) is 0 Å². The molecular weight excluding hydrogens is 340 g/mol. The normalized spacial score (nSPS) is 14.1. The Hall–Kier alpha value is -3.08. The van der Waals surface area contributed by atoms with E-state index in [1.807, 2.05) is 41.3 Å². The van der Waals surface area contributed by atoms with Gasteiger partial charge in [-0.25, -0.2) is 4.79 Å². The van der Waals surface area contributed by atoms with Crippen molar-refractivity contribution in [2.45, 2.75) is 32.7 Å². The van der Waals surface area contributed by atoms with Crippen LogP contribution in [0.15, 0.2) is 57.7 Å². The van der Waals surface area contributed by atoms with E-state index in [-0.39, 0.29) is 11.5 Å². The van der Waals surface area contributed by atoms with Crippen LogP contribution in [0.5, 0.6) is 0 Å². The second-order valence-corrected chi connectivity index (χ2v) is 6.82. The highest BCUT2D eigenvalue weighted by atomic mass is 16.4. The van der Waals surface area contributed by atoms with E-state index in [2.05, 4.69) is 18.3 Å². The largest absolute Gasteiger partial charge is 0.423 e. The third-order valence-corrected chi connectivity index (χ3v) is 5.04. The number of nitrogens with one attached hydrogen (secondary N) is 1. The Kier molecular flexibility index (Phi) is 4.67. The van der Waals surface area contributed by atoms with E-state index >= 15 is 0 Å². The highest BCUT2D eigenvalue weighted by Gasteiger charge is 2.21. The van der Waals surface area contributed by atoms with Crippen LogP contribution in [0, 0.1) is 0 Å². The summed E-state index contributed by atoms with van der Waals surface area (Å²) in [6, 6.07) is 15.4. The molecule has 0 bridgehead atoms. The zero-order valence-corrected chi connectivity index (χ0v) is 15.3. The molecule has 2 aromatic carbocycles. The predicted molar refractivity (Wildman–Crippen MR) is 107 cm³/mol. The molecule has 2 heterocycles. The molecule has 1 aromatic heterocycles. The minimum Gasteiger partial charge on any atom is -0.423 e. The van der Waals surface area contributed by atoms with E-state index in [0.29, 0.717) is 18.5 Å². The second-order valence-electron chi connectivity index (χ2n) is 6.82. The van der Waals surface area contributed by atoms with Crippen molar-refractivity contribution in [3.05, 3.63) is 70.1 Å². The van der Waals surface area contributed by atoms with E-state index in [9.17, 15) is 9.59 Å². The molecule has 27 heavy (non-hydrogen) atoms. The summed E-state index contributed by atoms with van der Waals surface area (Å²) in [6.45, 7) is 3.39. The third-order valence-electron chi connectivity index (χ3n) is 5.04. The van der Waals surface area contributed by atoms with Gasteiger partial charge in [-0.2, -0.15) is 0 Å². The molecule has 1 saturated heterocycles. The first-order valence-corrected chi connectivity index (χ1v) is 9.34. The van der Waals surface area contributed by atoms with Gasteiger partial charge in [-0.3, -0.25) is 4.79 Å². The fourth-order valence-electron chi connectivity index (χ4n) is 3.52. The van der Waals surface area contributed by atoms with Crippen LogP contribution in [-0.2, 0) is 17.8 Å². The summed E-state index contributed by atoms with van der Waals surface area (Å²) in [5, 5.41) is 4.30. The molecule has 0 spiro atoms. The highest BCUT2D eigenvalue weighted by molar-refractivity contribution is 5.95. The van der Waals surface area contributed by atoms with Gasteiger partial charge < -0.3 is 14.6 Å². The van der Waals surface area contributed by atoms with E-state index in [0.717, 1.165) is 47.3 Å². The van der Waals surface area contributed by atoms with E-state index in [4.69, 9.17) is 4.42 Å². The number of aryl methyl sites for hydroxylation is 1. The maximum atomic E-state index is 11.9. The minimum absolute atomic E-state index is 0.185. The van der Waals surface area contributed by atoms with Crippen molar-refractivity contribution in [3.63, 3.8) is 0 Å². The van der Waals surface area contributed by atoms with Crippen molar-refractivity contribution in [1.82, 2.24) is 0 Å². The molecule has 3 aromatic rings. The molecular formula is C22H22N2O3. The monoisotopic (exact) mass is 362 g/mol. The quantitative estimate of drug-likeness (QED) is 0.694. The lowest BCUT2D eigenvalue weighted by Gasteiger charge is -2.16. The Balaban J connectivity index is 1.53. The third kappa shape index (κ3) is 3.58. The Morgan fingerprint density at radius 2 is 1.89 bits per heavy atom. The summed E-state index contributed by atoms with van der Waals surface area (Å²) in [5.74, 6) is 0.185. The minimum atomic E-state index is -0.338. The zero-order chi connectivity index (χ0) is 18.8. The van der Waals surface area contributed by atoms with Crippen LogP contribution < -0.4 is 15.8 Å². The summed E-state index contributed by atoms with van der Waals surface area (Å²) >= 11 is 0. The molecule has 5 heteroatoms. The summed E-state index contributed by atoms with van der Waals surface area (Å²) in [7, 11) is 0. The number of hydrogen-bond acceptors (Lipinski definition) is 4. The number of fused-ring (bicyclic) bond motifs is 1. The molecule has 0 atom stereocenters. The van der Waals surface area contributed by atoms with Crippen molar-refractivity contribution in [2.75, 3.05) is 16.8 Å². The van der Waals surface area contributed by atoms with Crippen LogP contribution >= 0.6 is 0 Å². The fraction of sp³-hybridized carbons (Fsp3) is 0.273. The molecule has 138 valence electrons. The zero-order valence-electron chi connectivity index (χ0n) is 15.3. The lowest BCUT2D eigenvalue weighted by molar-refractivity contribution is -0.117. The lowest BCUT2D eigenvalue weighted by atomic mass is 10.1. The first-order valence-electron chi connectivity index (χ1n) is 9.34. The van der Waals surface area contributed by atoms with Crippen molar-refractivity contribution in [3.8, 4) is 0 Å². The van der Waals surface area contributed by atoms with Crippen molar-refractivity contribution in [1.29, 1.82) is 0 Å². The number of rotatable bonds is 5. The lowest BCUT2D eigenvalue weighted by Crippen LogP contribution is -2.23. The Morgan fingerprint density at radius 1 is 1.07 bits per heavy atom. The molecule has 1 aliphatic rings. The Bertz CT molecular complexity index is 1040. The average Bonchev–Trinajstić information content (AvgIpc) is 3.11. The average molecular weight is 362 g/mol. The Labute approximate surface area is 157 Å². The van der Waals surface area contributed by atoms with Crippen LogP contribution in [-0.4, -0.2) is 12.5 Å². The summed E-state index contributed by atoms with van der Waals surface area (Å²) in [6.07, 6.45) is 2.44. The number of anilines is 2. The van der Waals surface area contributed by atoms with Gasteiger partial charge in [-0.1, -0.05) is 19.1 Å². The molecule has 0 unspecified atom stereocenters. The predicted octanol–water partition coefficient (Wildman–Crippen LogP) is 4.09. The van der Waals surface area contributed by atoms with Crippen LogP contribution in [0.2, 0.25) is 0 Å². The first kappa shape index (κ1) is 17.3. The fourth-order valence-corrected chi connectivity index (χ4v) is 3.52. The molecule has 0 saturated carbocycles. The van der Waals surface area contributed by atoms with Gasteiger partial charge in [-0.05, 0) is 54.3 Å². The second kappa shape index (κ2) is 7.27. The molecule has 5 nitrogen and oxygen atoms in total. The highest BCUT2D eigenvalue weighted by Crippen LogP contribution is 2.24. The number of benzene rings is 2.